The predicted octanol–water partition coefficient (Wildman–Crippen LogP) is 2.46. The maximum atomic E-state index is 10.8. The van der Waals surface area contributed by atoms with E-state index < -0.39 is 5.97 Å². The molecule has 1 saturated heterocycles. The Bertz CT molecular complexity index is 223. The summed E-state index contributed by atoms with van der Waals surface area (Å²) in [5.74, 6) is -0.0284. The molecule has 1 heterocycles. The molecule has 0 amide bonds. The van der Waals surface area contributed by atoms with E-state index in [1.807, 2.05) is 0 Å². The van der Waals surface area contributed by atoms with Gasteiger partial charge in [-0.25, -0.2) is 0 Å². The van der Waals surface area contributed by atoms with Crippen molar-refractivity contribution in [3.8, 4) is 0 Å². The van der Waals surface area contributed by atoms with Gasteiger partial charge < -0.3 is 5.11 Å². The molecule has 2 atom stereocenters. The van der Waals surface area contributed by atoms with Gasteiger partial charge >= 0.3 is 5.97 Å². The molecule has 1 aliphatic heterocycles. The zero-order valence-corrected chi connectivity index (χ0v) is 10.4. The molecule has 0 saturated carbocycles. The van der Waals surface area contributed by atoms with E-state index in [0.717, 1.165) is 6.42 Å². The fraction of sp³-hybridized carbons (Fsp3) is 0.909. The molecule has 0 aliphatic carbocycles. The van der Waals surface area contributed by atoms with Crippen molar-refractivity contribution in [3.63, 3.8) is 0 Å². The van der Waals surface area contributed by atoms with E-state index in [1.165, 1.54) is 25.7 Å². The van der Waals surface area contributed by atoms with Crippen LogP contribution in [0.3, 0.4) is 0 Å². The molecule has 1 unspecified atom stereocenters. The summed E-state index contributed by atoms with van der Waals surface area (Å²) in [4.78, 5) is 10.8. The van der Waals surface area contributed by atoms with Gasteiger partial charge in [0.15, 0.2) is 0 Å². The van der Waals surface area contributed by atoms with Crippen LogP contribution in [0, 0.1) is 0 Å². The molecular formula is C11H21NO2S. The number of rotatable bonds is 6. The van der Waals surface area contributed by atoms with Crippen molar-refractivity contribution in [2.24, 2.45) is 0 Å². The van der Waals surface area contributed by atoms with Crippen LogP contribution in [0.4, 0.5) is 0 Å². The number of unbranched alkanes of at least 4 members (excludes halogenated alkanes) is 3. The number of carbonyl (C=O) groups is 1. The van der Waals surface area contributed by atoms with Crippen LogP contribution in [0.5, 0.6) is 0 Å². The van der Waals surface area contributed by atoms with Gasteiger partial charge in [-0.1, -0.05) is 32.6 Å². The monoisotopic (exact) mass is 231 g/mol. The van der Waals surface area contributed by atoms with Crippen molar-refractivity contribution in [1.29, 1.82) is 0 Å². The second kappa shape index (κ2) is 5.75. The molecule has 0 radical (unpaired) electrons. The Hall–Kier alpha value is -0.220. The predicted molar refractivity (Wildman–Crippen MR) is 64.2 cm³/mol. The standard InChI is InChI=1S/C11H21NO2S/c1-3-4-5-6-7-11(2)12-9(8-15-11)10(13)14/h9,12H,3-8H2,1-2H3,(H,13,14)/t9-,11?/m1/s1. The third-order valence-corrected chi connectivity index (χ3v) is 4.31. The quantitative estimate of drug-likeness (QED) is 0.689. The summed E-state index contributed by atoms with van der Waals surface area (Å²) in [6.07, 6.45) is 6.04. The lowest BCUT2D eigenvalue weighted by Crippen LogP contribution is -2.43. The van der Waals surface area contributed by atoms with Gasteiger partial charge in [0.05, 0.1) is 4.87 Å². The fourth-order valence-corrected chi connectivity index (χ4v) is 3.16. The van der Waals surface area contributed by atoms with Gasteiger partial charge in [0.2, 0.25) is 0 Å². The van der Waals surface area contributed by atoms with Gasteiger partial charge in [-0.15, -0.1) is 11.8 Å². The fourth-order valence-electron chi connectivity index (χ4n) is 1.89. The summed E-state index contributed by atoms with van der Waals surface area (Å²) in [5.41, 5.74) is 0. The molecule has 1 fully saturated rings. The molecule has 3 nitrogen and oxygen atoms in total. The molecule has 1 aliphatic rings. The van der Waals surface area contributed by atoms with Crippen LogP contribution >= 0.6 is 11.8 Å². The number of aliphatic carboxylic acids is 1. The zero-order valence-electron chi connectivity index (χ0n) is 9.58. The minimum absolute atomic E-state index is 0.0171. The second-order valence-electron chi connectivity index (χ2n) is 4.39. The number of hydrogen-bond donors (Lipinski definition) is 2. The first-order valence-electron chi connectivity index (χ1n) is 5.72. The molecular weight excluding hydrogens is 210 g/mol. The molecule has 1 rings (SSSR count). The molecule has 0 spiro atoms. The van der Waals surface area contributed by atoms with Crippen LogP contribution in [-0.4, -0.2) is 27.7 Å². The summed E-state index contributed by atoms with van der Waals surface area (Å²) in [7, 11) is 0. The number of nitrogens with one attached hydrogen (secondary N) is 1. The van der Waals surface area contributed by atoms with Crippen LogP contribution < -0.4 is 5.32 Å². The molecule has 2 N–H and O–H groups in total. The highest BCUT2D eigenvalue weighted by atomic mass is 32.2. The van der Waals surface area contributed by atoms with Gasteiger partial charge in [-0.05, 0) is 13.3 Å². The number of carboxylic acids is 1. The van der Waals surface area contributed by atoms with E-state index in [-0.39, 0.29) is 10.9 Å². The molecule has 15 heavy (non-hydrogen) atoms. The third-order valence-electron chi connectivity index (χ3n) is 2.85. The van der Waals surface area contributed by atoms with E-state index in [9.17, 15) is 4.79 Å². The van der Waals surface area contributed by atoms with E-state index >= 15 is 0 Å². The zero-order chi connectivity index (χ0) is 11.3. The third kappa shape index (κ3) is 4.03. The van der Waals surface area contributed by atoms with Crippen LogP contribution in [0.25, 0.3) is 0 Å². The highest BCUT2D eigenvalue weighted by Crippen LogP contribution is 2.34. The Morgan fingerprint density at radius 1 is 1.53 bits per heavy atom. The normalized spacial score (nSPS) is 30.7. The Labute approximate surface area is 96.0 Å². The first kappa shape index (κ1) is 12.8. The highest BCUT2D eigenvalue weighted by molar-refractivity contribution is 8.00. The SMILES string of the molecule is CCCCCCC1(C)N[C@@H](C(=O)O)CS1. The van der Waals surface area contributed by atoms with Crippen molar-refractivity contribution >= 4 is 17.7 Å². The van der Waals surface area contributed by atoms with Crippen molar-refractivity contribution in [2.75, 3.05) is 5.75 Å². The van der Waals surface area contributed by atoms with Crippen molar-refractivity contribution < 1.29 is 9.90 Å². The molecule has 0 bridgehead atoms. The second-order valence-corrected chi connectivity index (χ2v) is 5.91. The summed E-state index contributed by atoms with van der Waals surface area (Å²) < 4.78 is 0. The van der Waals surface area contributed by atoms with Crippen LogP contribution in [0.2, 0.25) is 0 Å². The minimum Gasteiger partial charge on any atom is -0.480 e. The van der Waals surface area contributed by atoms with E-state index in [0.29, 0.717) is 5.75 Å². The average molecular weight is 231 g/mol. The largest absolute Gasteiger partial charge is 0.480 e. The van der Waals surface area contributed by atoms with Gasteiger partial charge in [0.25, 0.3) is 0 Å². The van der Waals surface area contributed by atoms with Crippen LogP contribution in [0.1, 0.15) is 46.0 Å². The van der Waals surface area contributed by atoms with Gasteiger partial charge in [0, 0.05) is 5.75 Å². The van der Waals surface area contributed by atoms with Crippen molar-refractivity contribution in [1.82, 2.24) is 5.32 Å². The smallest absolute Gasteiger partial charge is 0.321 e. The summed E-state index contributed by atoms with van der Waals surface area (Å²) in [6, 6.07) is -0.355. The van der Waals surface area contributed by atoms with E-state index in [1.54, 1.807) is 11.8 Å². The van der Waals surface area contributed by atoms with Gasteiger partial charge in [-0.3, -0.25) is 10.1 Å². The summed E-state index contributed by atoms with van der Waals surface area (Å²) in [5, 5.41) is 12.1. The lowest BCUT2D eigenvalue weighted by Gasteiger charge is -2.23. The molecule has 0 aromatic rings. The Balaban J connectivity index is 2.26. The van der Waals surface area contributed by atoms with Crippen LogP contribution in [0.15, 0.2) is 0 Å². The number of thioether (sulfide) groups is 1. The first-order valence-corrected chi connectivity index (χ1v) is 6.70. The van der Waals surface area contributed by atoms with E-state index in [2.05, 4.69) is 19.2 Å². The highest BCUT2D eigenvalue weighted by Gasteiger charge is 2.37. The average Bonchev–Trinajstić information content (AvgIpc) is 2.57. The minimum atomic E-state index is -0.722. The topological polar surface area (TPSA) is 49.3 Å². The Morgan fingerprint density at radius 2 is 2.27 bits per heavy atom. The van der Waals surface area contributed by atoms with E-state index in [4.69, 9.17) is 5.11 Å². The molecule has 4 heteroatoms. The maximum absolute atomic E-state index is 10.8. The first-order chi connectivity index (χ1) is 7.07. The number of carboxylic acid groups (broad SMARTS) is 1. The van der Waals surface area contributed by atoms with Crippen molar-refractivity contribution in [2.45, 2.75) is 56.9 Å². The Kier molecular flexibility index (Phi) is 4.93. The lowest BCUT2D eigenvalue weighted by atomic mass is 10.1. The molecule has 0 aromatic heterocycles. The Morgan fingerprint density at radius 3 is 2.80 bits per heavy atom. The van der Waals surface area contributed by atoms with Gasteiger partial charge in [-0.2, -0.15) is 0 Å². The maximum Gasteiger partial charge on any atom is 0.321 e. The summed E-state index contributed by atoms with van der Waals surface area (Å²) in [6.45, 7) is 4.32. The number of hydrogen-bond acceptors (Lipinski definition) is 3. The van der Waals surface area contributed by atoms with Crippen molar-refractivity contribution in [3.05, 3.63) is 0 Å². The lowest BCUT2D eigenvalue weighted by molar-refractivity contribution is -0.138. The molecule has 88 valence electrons. The summed E-state index contributed by atoms with van der Waals surface area (Å²) >= 11 is 1.75. The van der Waals surface area contributed by atoms with Crippen LogP contribution in [-0.2, 0) is 4.79 Å². The molecule has 0 aromatic carbocycles. The van der Waals surface area contributed by atoms with Gasteiger partial charge in [0.1, 0.15) is 6.04 Å².